The highest BCUT2D eigenvalue weighted by molar-refractivity contribution is 5.85. The number of benzene rings is 2. The van der Waals surface area contributed by atoms with Crippen molar-refractivity contribution in [2.24, 2.45) is 0 Å². The van der Waals surface area contributed by atoms with Crippen LogP contribution in [0.1, 0.15) is 30.1 Å². The minimum absolute atomic E-state index is 0. The maximum atomic E-state index is 13.2. The minimum atomic E-state index is -0.213. The summed E-state index contributed by atoms with van der Waals surface area (Å²) >= 11 is 0. The normalized spacial score (nSPS) is 17.5. The third-order valence-electron chi connectivity index (χ3n) is 4.27. The van der Waals surface area contributed by atoms with E-state index >= 15 is 0 Å². The predicted molar refractivity (Wildman–Crippen MR) is 93.5 cm³/mol. The Labute approximate surface area is 143 Å². The van der Waals surface area contributed by atoms with Crippen LogP contribution in [0.3, 0.4) is 0 Å². The lowest BCUT2D eigenvalue weighted by atomic mass is 10.00. The molecule has 4 heteroatoms. The first-order valence-electron chi connectivity index (χ1n) is 7.87. The molecule has 3 rings (SSSR count). The highest BCUT2D eigenvalue weighted by Crippen LogP contribution is 2.30. The van der Waals surface area contributed by atoms with E-state index in [1.165, 1.54) is 12.1 Å². The summed E-state index contributed by atoms with van der Waals surface area (Å²) in [6.07, 6.45) is 2.21. The average molecular weight is 336 g/mol. The molecule has 2 nitrogen and oxygen atoms in total. The Morgan fingerprint density at radius 1 is 0.957 bits per heavy atom. The molecule has 0 aliphatic carbocycles. The van der Waals surface area contributed by atoms with Crippen molar-refractivity contribution in [1.82, 2.24) is 4.90 Å². The summed E-state index contributed by atoms with van der Waals surface area (Å²) < 4.78 is 19.6. The maximum absolute atomic E-state index is 13.2. The van der Waals surface area contributed by atoms with E-state index in [2.05, 4.69) is 24.1 Å². The first-order chi connectivity index (χ1) is 10.7. The van der Waals surface area contributed by atoms with Gasteiger partial charge in [0.1, 0.15) is 11.9 Å². The molecule has 0 saturated carbocycles. The van der Waals surface area contributed by atoms with Crippen molar-refractivity contribution >= 4 is 12.4 Å². The molecule has 124 valence electrons. The molecule has 0 spiro atoms. The van der Waals surface area contributed by atoms with Crippen molar-refractivity contribution in [3.63, 3.8) is 0 Å². The van der Waals surface area contributed by atoms with Gasteiger partial charge in [0, 0.05) is 13.1 Å². The molecule has 1 aliphatic heterocycles. The molecular formula is C19H23ClFNO. The molecule has 0 bridgehead atoms. The fourth-order valence-electron chi connectivity index (χ4n) is 2.93. The van der Waals surface area contributed by atoms with Crippen molar-refractivity contribution < 1.29 is 9.13 Å². The van der Waals surface area contributed by atoms with Crippen LogP contribution in [0.15, 0.2) is 54.6 Å². The van der Waals surface area contributed by atoms with E-state index in [9.17, 15) is 4.39 Å². The zero-order valence-corrected chi connectivity index (χ0v) is 14.1. The summed E-state index contributed by atoms with van der Waals surface area (Å²) in [5, 5.41) is 0. The quantitative estimate of drug-likeness (QED) is 0.818. The molecule has 1 saturated heterocycles. The summed E-state index contributed by atoms with van der Waals surface area (Å²) in [6, 6.07) is 16.8. The van der Waals surface area contributed by atoms with Crippen molar-refractivity contribution in [3.05, 3.63) is 71.5 Å². The fraction of sp³-hybridized carbons (Fsp3) is 0.368. The van der Waals surface area contributed by atoms with Crippen LogP contribution < -0.4 is 0 Å². The van der Waals surface area contributed by atoms with Gasteiger partial charge in [0.2, 0.25) is 0 Å². The molecule has 0 N–H and O–H groups in total. The third kappa shape index (κ3) is 4.77. The van der Waals surface area contributed by atoms with Crippen LogP contribution in [0.25, 0.3) is 0 Å². The van der Waals surface area contributed by atoms with Crippen LogP contribution >= 0.6 is 12.4 Å². The number of hydrogen-bond donors (Lipinski definition) is 0. The summed E-state index contributed by atoms with van der Waals surface area (Å²) in [4.78, 5) is 2.33. The number of likely N-dealkylation sites (tertiary alicyclic amines) is 1. The van der Waals surface area contributed by atoms with Gasteiger partial charge in [0.05, 0.1) is 6.10 Å². The molecule has 0 amide bonds. The maximum Gasteiger partial charge on any atom is 0.123 e. The first-order valence-corrected chi connectivity index (χ1v) is 7.87. The molecule has 1 aliphatic rings. The van der Waals surface area contributed by atoms with Crippen molar-refractivity contribution in [2.75, 3.05) is 20.1 Å². The lowest BCUT2D eigenvalue weighted by Gasteiger charge is -2.32. The van der Waals surface area contributed by atoms with Crippen LogP contribution in [-0.4, -0.2) is 31.1 Å². The smallest absolute Gasteiger partial charge is 0.123 e. The predicted octanol–water partition coefficient (Wildman–Crippen LogP) is 4.45. The van der Waals surface area contributed by atoms with Gasteiger partial charge in [-0.25, -0.2) is 4.39 Å². The lowest BCUT2D eigenvalue weighted by Crippen LogP contribution is -2.35. The van der Waals surface area contributed by atoms with Crippen LogP contribution in [0.4, 0.5) is 4.39 Å². The molecule has 1 heterocycles. The average Bonchev–Trinajstić information content (AvgIpc) is 2.56. The molecule has 0 radical (unpaired) electrons. The number of hydrogen-bond acceptors (Lipinski definition) is 2. The Hall–Kier alpha value is -1.42. The minimum Gasteiger partial charge on any atom is -0.365 e. The Morgan fingerprint density at radius 3 is 2.13 bits per heavy atom. The summed E-state index contributed by atoms with van der Waals surface area (Å²) in [5.74, 6) is -0.213. The summed E-state index contributed by atoms with van der Waals surface area (Å²) in [7, 11) is 2.14. The largest absolute Gasteiger partial charge is 0.365 e. The Kier molecular flexibility index (Phi) is 6.58. The van der Waals surface area contributed by atoms with E-state index in [0.29, 0.717) is 0 Å². The Balaban J connectivity index is 0.00000192. The number of halogens is 2. The standard InChI is InChI=1S/C19H22FNO.ClH/c1-21-13-11-18(12-14-21)22-19(15-5-3-2-4-6-15)16-7-9-17(20)10-8-16;/h2-10,18-19H,11-14H2,1H3;1H. The van der Waals surface area contributed by atoms with Gasteiger partial charge >= 0.3 is 0 Å². The summed E-state index contributed by atoms with van der Waals surface area (Å²) in [6.45, 7) is 2.13. The first kappa shape index (κ1) is 17.9. The fourth-order valence-corrected chi connectivity index (χ4v) is 2.93. The lowest BCUT2D eigenvalue weighted by molar-refractivity contribution is -0.0234. The SMILES string of the molecule is CN1CCC(OC(c2ccccc2)c2ccc(F)cc2)CC1.Cl. The van der Waals surface area contributed by atoms with Crippen LogP contribution in [0, 0.1) is 5.82 Å². The third-order valence-corrected chi connectivity index (χ3v) is 4.27. The van der Waals surface area contributed by atoms with Gasteiger partial charge in [-0.05, 0) is 43.1 Å². The van der Waals surface area contributed by atoms with E-state index < -0.39 is 0 Å². The van der Waals surface area contributed by atoms with Gasteiger partial charge in [0.25, 0.3) is 0 Å². The van der Waals surface area contributed by atoms with Crippen molar-refractivity contribution in [2.45, 2.75) is 25.0 Å². The van der Waals surface area contributed by atoms with E-state index in [1.807, 2.05) is 30.3 Å². The van der Waals surface area contributed by atoms with Gasteiger partial charge in [-0.15, -0.1) is 12.4 Å². The molecule has 0 aromatic heterocycles. The zero-order chi connectivity index (χ0) is 15.4. The van der Waals surface area contributed by atoms with Gasteiger partial charge in [-0.1, -0.05) is 42.5 Å². The van der Waals surface area contributed by atoms with Gasteiger partial charge < -0.3 is 9.64 Å². The number of rotatable bonds is 4. The topological polar surface area (TPSA) is 12.5 Å². The van der Waals surface area contributed by atoms with Crippen LogP contribution in [0.2, 0.25) is 0 Å². The van der Waals surface area contributed by atoms with E-state index in [-0.39, 0.29) is 30.4 Å². The highest BCUT2D eigenvalue weighted by Gasteiger charge is 2.23. The molecule has 23 heavy (non-hydrogen) atoms. The summed E-state index contributed by atoms with van der Waals surface area (Å²) in [5.41, 5.74) is 2.12. The Bertz CT molecular complexity index is 582. The Morgan fingerprint density at radius 2 is 1.52 bits per heavy atom. The van der Waals surface area contributed by atoms with Crippen LogP contribution in [0.5, 0.6) is 0 Å². The van der Waals surface area contributed by atoms with Crippen molar-refractivity contribution in [1.29, 1.82) is 0 Å². The van der Waals surface area contributed by atoms with Gasteiger partial charge in [-0.3, -0.25) is 0 Å². The molecule has 1 unspecified atom stereocenters. The van der Waals surface area contributed by atoms with Gasteiger partial charge in [-0.2, -0.15) is 0 Å². The molecule has 1 fully saturated rings. The second-order valence-electron chi connectivity index (χ2n) is 5.98. The van der Waals surface area contributed by atoms with Crippen molar-refractivity contribution in [3.8, 4) is 0 Å². The highest BCUT2D eigenvalue weighted by atomic mass is 35.5. The molecular weight excluding hydrogens is 313 g/mol. The zero-order valence-electron chi connectivity index (χ0n) is 13.3. The second-order valence-corrected chi connectivity index (χ2v) is 5.98. The second kappa shape index (κ2) is 8.44. The van der Waals surface area contributed by atoms with E-state index in [0.717, 1.165) is 37.1 Å². The number of piperidine rings is 1. The van der Waals surface area contributed by atoms with Crippen LogP contribution in [-0.2, 0) is 4.74 Å². The number of nitrogens with zero attached hydrogens (tertiary/aromatic N) is 1. The van der Waals surface area contributed by atoms with E-state index in [4.69, 9.17) is 4.74 Å². The number of ether oxygens (including phenoxy) is 1. The molecule has 1 atom stereocenters. The molecule has 2 aromatic rings. The van der Waals surface area contributed by atoms with E-state index in [1.54, 1.807) is 0 Å². The van der Waals surface area contributed by atoms with Gasteiger partial charge in [0.15, 0.2) is 0 Å². The monoisotopic (exact) mass is 335 g/mol. The molecule has 2 aromatic carbocycles.